The maximum absolute atomic E-state index is 13.7. The van der Waals surface area contributed by atoms with Crippen molar-refractivity contribution in [2.24, 2.45) is 50.7 Å². The number of ether oxygens (including phenoxy) is 1. The van der Waals surface area contributed by atoms with Crippen LogP contribution in [-0.2, 0) is 14.3 Å². The number of urea groups is 1. The molecular weight excluding hydrogens is 610 g/mol. The Labute approximate surface area is 297 Å². The minimum absolute atomic E-state index is 0.00534. The average molecular weight is 680 g/mol. The van der Waals surface area contributed by atoms with Gasteiger partial charge in [-0.05, 0) is 141 Å². The summed E-state index contributed by atoms with van der Waals surface area (Å²) >= 11 is 0. The number of rotatable bonds is 5. The summed E-state index contributed by atoms with van der Waals surface area (Å²) in [6, 6.07) is 0.458. The molecule has 1 heterocycles. The third-order valence-electron chi connectivity index (χ3n) is 15.8. The summed E-state index contributed by atoms with van der Waals surface area (Å²) in [6.45, 7) is 27.0. The van der Waals surface area contributed by atoms with Crippen LogP contribution < -0.4 is 10.6 Å². The lowest BCUT2D eigenvalue weighted by atomic mass is 9.33. The van der Waals surface area contributed by atoms with Crippen molar-refractivity contribution in [3.05, 3.63) is 11.1 Å². The van der Waals surface area contributed by atoms with Crippen molar-refractivity contribution in [2.45, 2.75) is 164 Å². The van der Waals surface area contributed by atoms with Crippen LogP contribution >= 0.6 is 0 Å². The van der Waals surface area contributed by atoms with Crippen molar-refractivity contribution in [3.63, 3.8) is 0 Å². The Hall–Kier alpha value is -1.89. The Morgan fingerprint density at radius 3 is 2.16 bits per heavy atom. The quantitative estimate of drug-likeness (QED) is 0.285. The van der Waals surface area contributed by atoms with Gasteiger partial charge in [0.15, 0.2) is 5.78 Å². The molecule has 276 valence electrons. The molecule has 1 unspecified atom stereocenters. The van der Waals surface area contributed by atoms with Crippen molar-refractivity contribution in [3.8, 4) is 0 Å². The molecule has 1 saturated heterocycles. The van der Waals surface area contributed by atoms with Gasteiger partial charge < -0.3 is 20.3 Å². The Kier molecular flexibility index (Phi) is 9.31. The fourth-order valence-corrected chi connectivity index (χ4v) is 13.3. The predicted molar refractivity (Wildman–Crippen MR) is 196 cm³/mol. The number of allylic oxidation sites excluding steroid dienone is 2. The maximum Gasteiger partial charge on any atom is 0.320 e. The van der Waals surface area contributed by atoms with Crippen molar-refractivity contribution < 1.29 is 19.1 Å². The van der Waals surface area contributed by atoms with Crippen LogP contribution in [0.4, 0.5) is 4.79 Å². The van der Waals surface area contributed by atoms with Gasteiger partial charge in [0.25, 0.3) is 0 Å². The molecule has 0 aromatic heterocycles. The maximum atomic E-state index is 13.7. The van der Waals surface area contributed by atoms with Crippen LogP contribution in [0, 0.1) is 50.7 Å². The second kappa shape index (κ2) is 12.4. The van der Waals surface area contributed by atoms with Gasteiger partial charge in [-0.15, -0.1) is 0 Å². The summed E-state index contributed by atoms with van der Waals surface area (Å²) < 4.78 is 5.44. The lowest BCUT2D eigenvalue weighted by molar-refractivity contribution is -0.215. The molecule has 5 aliphatic carbocycles. The standard InChI is InChI=1S/C42H69N3O4/c1-26(2)34-29(46)24-39(8)20-21-41(10)28(35(34)39)12-13-31-40(9)18-15-32(38(6,7)30(40)14-19-42(31,41)11)44-36(48)45-22-16-27(17-23-45)43-25-33(47)49-37(3,4)5/h26-28,30-32,43H,12-25H2,1-11H3,(H,44,48)/t28-,30+,31-,32?,39+,40+,41-,42-/m1/s1. The van der Waals surface area contributed by atoms with Gasteiger partial charge >= 0.3 is 12.0 Å². The molecule has 2 amide bonds. The summed E-state index contributed by atoms with van der Waals surface area (Å²) in [5.74, 6) is 2.26. The molecule has 49 heavy (non-hydrogen) atoms. The molecule has 0 bridgehead atoms. The summed E-state index contributed by atoms with van der Waals surface area (Å²) in [7, 11) is 0. The van der Waals surface area contributed by atoms with Gasteiger partial charge in [-0.25, -0.2) is 4.79 Å². The van der Waals surface area contributed by atoms with E-state index in [0.717, 1.165) is 32.1 Å². The Balaban J connectivity index is 1.12. The number of nitrogens with one attached hydrogen (secondary N) is 2. The molecule has 0 radical (unpaired) electrons. The van der Waals surface area contributed by atoms with E-state index in [-0.39, 0.29) is 57.7 Å². The number of nitrogens with zero attached hydrogens (tertiary/aromatic N) is 1. The van der Waals surface area contributed by atoms with Crippen molar-refractivity contribution >= 4 is 17.8 Å². The fraction of sp³-hybridized carbons (Fsp3) is 0.881. The second-order valence-corrected chi connectivity index (χ2v) is 20.3. The largest absolute Gasteiger partial charge is 0.459 e. The number of hydrogen-bond donors (Lipinski definition) is 2. The highest BCUT2D eigenvalue weighted by atomic mass is 16.6. The van der Waals surface area contributed by atoms with Crippen LogP contribution in [-0.4, -0.2) is 60.0 Å². The second-order valence-electron chi connectivity index (χ2n) is 20.3. The van der Waals surface area contributed by atoms with E-state index in [1.807, 2.05) is 25.7 Å². The molecule has 2 N–H and O–H groups in total. The van der Waals surface area contributed by atoms with Crippen LogP contribution in [0.1, 0.15) is 147 Å². The number of ketones is 1. The Morgan fingerprint density at radius 1 is 0.857 bits per heavy atom. The number of hydrogen-bond acceptors (Lipinski definition) is 5. The number of Topliss-reactive ketones (excluding diaryl/α,β-unsaturated/α-hetero) is 1. The van der Waals surface area contributed by atoms with E-state index in [1.54, 1.807) is 5.57 Å². The highest BCUT2D eigenvalue weighted by Crippen LogP contribution is 2.76. The van der Waals surface area contributed by atoms with Gasteiger partial charge in [-0.3, -0.25) is 9.59 Å². The Bertz CT molecular complexity index is 1370. The first-order valence-corrected chi connectivity index (χ1v) is 19.9. The molecular formula is C42H69N3O4. The molecule has 7 heteroatoms. The molecule has 0 aromatic rings. The number of fused-ring (bicyclic) bond motifs is 7. The van der Waals surface area contributed by atoms with Gasteiger partial charge in [0.05, 0.1) is 6.54 Å². The van der Waals surface area contributed by atoms with Crippen LogP contribution in [0.2, 0.25) is 0 Å². The summed E-state index contributed by atoms with van der Waals surface area (Å²) in [6.07, 6.45) is 11.9. The van der Waals surface area contributed by atoms with Gasteiger partial charge in [0.2, 0.25) is 0 Å². The summed E-state index contributed by atoms with van der Waals surface area (Å²) in [5.41, 5.74) is 3.06. The Morgan fingerprint density at radius 2 is 1.53 bits per heavy atom. The zero-order chi connectivity index (χ0) is 35.9. The smallest absolute Gasteiger partial charge is 0.320 e. The van der Waals surface area contributed by atoms with Gasteiger partial charge in [-0.2, -0.15) is 0 Å². The first-order chi connectivity index (χ1) is 22.7. The van der Waals surface area contributed by atoms with E-state index in [2.05, 4.69) is 66.0 Å². The highest BCUT2D eigenvalue weighted by Gasteiger charge is 2.69. The van der Waals surface area contributed by atoms with E-state index in [0.29, 0.717) is 42.5 Å². The first-order valence-electron chi connectivity index (χ1n) is 19.9. The minimum atomic E-state index is -0.481. The third kappa shape index (κ3) is 6.02. The van der Waals surface area contributed by atoms with Crippen molar-refractivity contribution in [1.82, 2.24) is 15.5 Å². The van der Waals surface area contributed by atoms with Crippen LogP contribution in [0.5, 0.6) is 0 Å². The third-order valence-corrected chi connectivity index (χ3v) is 15.8. The lowest BCUT2D eigenvalue weighted by Gasteiger charge is -2.72. The predicted octanol–water partition coefficient (Wildman–Crippen LogP) is 8.46. The fourth-order valence-electron chi connectivity index (χ4n) is 13.3. The lowest BCUT2D eigenvalue weighted by Crippen LogP contribution is -2.67. The van der Waals surface area contributed by atoms with Crippen LogP contribution in [0.3, 0.4) is 0 Å². The SMILES string of the molecule is CC(C)C1=C2[C@H]3CC[C@@H]4[C@@]5(C)CCC(NC(=O)N6CCC(NCC(=O)OC(C)(C)C)CC6)C(C)(C)[C@@H]5CC[C@@]4(C)[C@]3(C)CC[C@@]2(C)CC1=O. The first kappa shape index (κ1) is 36.9. The van der Waals surface area contributed by atoms with Gasteiger partial charge in [0, 0.05) is 31.6 Å². The minimum Gasteiger partial charge on any atom is -0.459 e. The van der Waals surface area contributed by atoms with Crippen molar-refractivity contribution in [1.29, 1.82) is 0 Å². The monoisotopic (exact) mass is 680 g/mol. The molecule has 7 nitrogen and oxygen atoms in total. The van der Waals surface area contributed by atoms with Gasteiger partial charge in [0.1, 0.15) is 5.60 Å². The number of amides is 2. The molecule has 1 aliphatic heterocycles. The van der Waals surface area contributed by atoms with Crippen LogP contribution in [0.25, 0.3) is 0 Å². The van der Waals surface area contributed by atoms with E-state index >= 15 is 0 Å². The number of carbonyl (C=O) groups is 3. The molecule has 4 saturated carbocycles. The average Bonchev–Trinajstić information content (AvgIpc) is 3.27. The summed E-state index contributed by atoms with van der Waals surface area (Å²) in [4.78, 5) is 41.3. The highest BCUT2D eigenvalue weighted by molar-refractivity contribution is 6.00. The molecule has 8 atom stereocenters. The zero-order valence-corrected chi connectivity index (χ0v) is 32.9. The molecule has 0 aromatic carbocycles. The molecule has 5 fully saturated rings. The summed E-state index contributed by atoms with van der Waals surface area (Å²) in [5, 5.41) is 6.91. The van der Waals surface area contributed by atoms with E-state index in [9.17, 15) is 14.4 Å². The normalized spacial score (nSPS) is 40.7. The van der Waals surface area contributed by atoms with Crippen LogP contribution in [0.15, 0.2) is 11.1 Å². The topological polar surface area (TPSA) is 87.7 Å². The van der Waals surface area contributed by atoms with E-state index in [1.165, 1.54) is 44.1 Å². The van der Waals surface area contributed by atoms with Crippen molar-refractivity contribution in [2.75, 3.05) is 19.6 Å². The number of piperidine rings is 1. The molecule has 6 rings (SSSR count). The van der Waals surface area contributed by atoms with E-state index < -0.39 is 5.60 Å². The number of likely N-dealkylation sites (tertiary alicyclic amines) is 1. The van der Waals surface area contributed by atoms with Gasteiger partial charge in [-0.1, -0.05) is 61.0 Å². The molecule has 0 spiro atoms. The number of esters is 1. The molecule has 6 aliphatic rings. The number of carbonyl (C=O) groups excluding carboxylic acids is 3. The zero-order valence-electron chi connectivity index (χ0n) is 32.9. The van der Waals surface area contributed by atoms with E-state index in [4.69, 9.17) is 4.74 Å².